The number of H-pyrrole nitrogens is 1. The zero-order valence-corrected chi connectivity index (χ0v) is 20.7. The quantitative estimate of drug-likeness (QED) is 0.463. The van der Waals surface area contributed by atoms with Crippen LogP contribution < -0.4 is 0 Å². The molecule has 0 spiro atoms. The molecule has 3 aromatic rings. The number of imidazole rings is 1. The van der Waals surface area contributed by atoms with Crippen molar-refractivity contribution >= 4 is 11.0 Å². The summed E-state index contributed by atoms with van der Waals surface area (Å²) in [5, 5.41) is 11.7. The Balaban J connectivity index is 1.34. The Labute approximate surface area is 197 Å². The molecule has 0 saturated heterocycles. The van der Waals surface area contributed by atoms with E-state index in [0.29, 0.717) is 12.3 Å². The summed E-state index contributed by atoms with van der Waals surface area (Å²) < 4.78 is 13.7. The summed E-state index contributed by atoms with van der Waals surface area (Å²) in [5.74, 6) is 1.20. The number of benzene rings is 2. The van der Waals surface area contributed by atoms with Crippen LogP contribution in [-0.4, -0.2) is 45.7 Å². The standard InChI is InChI=1S/C28H38FN3O/c1-18(2)25-23-11-10-22(29)17-21(23)12-13-28(25,33)14-16-32(5)15-6-7-24-30-26-19(3)8-9-20(4)27(26)31-24/h8-11,17-18,25,33H,6-7,12-16H2,1-5H3,(H,30,31)/t25-,28-/m0/s1. The van der Waals surface area contributed by atoms with Crippen molar-refractivity contribution < 1.29 is 9.50 Å². The van der Waals surface area contributed by atoms with Crippen LogP contribution in [0.2, 0.25) is 0 Å². The molecule has 0 amide bonds. The van der Waals surface area contributed by atoms with Crippen molar-refractivity contribution in [3.8, 4) is 0 Å². The van der Waals surface area contributed by atoms with Crippen molar-refractivity contribution in [1.82, 2.24) is 14.9 Å². The third-order valence-corrected chi connectivity index (χ3v) is 7.50. The summed E-state index contributed by atoms with van der Waals surface area (Å²) in [7, 11) is 2.13. The summed E-state index contributed by atoms with van der Waals surface area (Å²) in [6.45, 7) is 10.3. The van der Waals surface area contributed by atoms with E-state index < -0.39 is 5.60 Å². The van der Waals surface area contributed by atoms with E-state index >= 15 is 0 Å². The molecule has 1 heterocycles. The molecule has 4 nitrogen and oxygen atoms in total. The Hall–Kier alpha value is -2.24. The molecule has 2 aromatic carbocycles. The molecule has 0 bridgehead atoms. The van der Waals surface area contributed by atoms with Gasteiger partial charge in [0.1, 0.15) is 11.6 Å². The number of nitrogens with one attached hydrogen (secondary N) is 1. The first kappa shape index (κ1) is 23.9. The second-order valence-electron chi connectivity index (χ2n) is 10.4. The Morgan fingerprint density at radius 3 is 2.67 bits per heavy atom. The average Bonchev–Trinajstić information content (AvgIpc) is 3.20. The number of nitrogens with zero attached hydrogens (tertiary/aromatic N) is 2. The molecule has 0 aliphatic heterocycles. The molecule has 0 unspecified atom stereocenters. The zero-order valence-electron chi connectivity index (χ0n) is 20.7. The lowest BCUT2D eigenvalue weighted by atomic mass is 9.66. The number of aromatic nitrogens is 2. The van der Waals surface area contributed by atoms with Crippen LogP contribution in [0.1, 0.15) is 67.1 Å². The minimum absolute atomic E-state index is 0.0391. The van der Waals surface area contributed by atoms with E-state index in [1.165, 1.54) is 17.2 Å². The number of rotatable bonds is 8. The monoisotopic (exact) mass is 451 g/mol. The van der Waals surface area contributed by atoms with E-state index in [0.717, 1.165) is 66.8 Å². The lowest BCUT2D eigenvalue weighted by molar-refractivity contribution is -0.0301. The van der Waals surface area contributed by atoms with Gasteiger partial charge in [-0.15, -0.1) is 0 Å². The van der Waals surface area contributed by atoms with Gasteiger partial charge in [0, 0.05) is 18.9 Å². The first-order chi connectivity index (χ1) is 15.7. The zero-order chi connectivity index (χ0) is 23.8. The van der Waals surface area contributed by atoms with Gasteiger partial charge in [-0.3, -0.25) is 0 Å². The lowest BCUT2D eigenvalue weighted by Gasteiger charge is -2.44. The van der Waals surface area contributed by atoms with E-state index in [9.17, 15) is 9.50 Å². The van der Waals surface area contributed by atoms with E-state index in [4.69, 9.17) is 4.98 Å². The molecule has 1 aliphatic rings. The maximum absolute atomic E-state index is 13.7. The Bertz CT molecular complexity index is 1080. The molecule has 4 rings (SSSR count). The van der Waals surface area contributed by atoms with Crippen molar-refractivity contribution in [2.24, 2.45) is 5.92 Å². The van der Waals surface area contributed by atoms with Gasteiger partial charge < -0.3 is 15.0 Å². The number of hydrogen-bond donors (Lipinski definition) is 2. The van der Waals surface area contributed by atoms with Crippen molar-refractivity contribution in [3.63, 3.8) is 0 Å². The SMILES string of the molecule is Cc1ccc(C)c2[nH]c(CCCN(C)CC[C@@]3(O)CCc4cc(F)ccc4[C@@H]3C(C)C)nc12. The molecular weight excluding hydrogens is 413 g/mol. The van der Waals surface area contributed by atoms with Crippen molar-refractivity contribution in [1.29, 1.82) is 0 Å². The highest BCUT2D eigenvalue weighted by atomic mass is 19.1. The Morgan fingerprint density at radius 2 is 1.94 bits per heavy atom. The minimum atomic E-state index is -0.749. The van der Waals surface area contributed by atoms with Crippen LogP contribution in [0, 0.1) is 25.6 Å². The molecule has 33 heavy (non-hydrogen) atoms. The first-order valence-electron chi connectivity index (χ1n) is 12.3. The van der Waals surface area contributed by atoms with E-state index in [-0.39, 0.29) is 11.7 Å². The molecular formula is C28H38FN3O. The maximum Gasteiger partial charge on any atom is 0.123 e. The Kier molecular flexibility index (Phi) is 6.92. The molecule has 5 heteroatoms. The molecule has 0 radical (unpaired) electrons. The fourth-order valence-corrected chi connectivity index (χ4v) is 5.69. The van der Waals surface area contributed by atoms with Crippen LogP contribution in [0.5, 0.6) is 0 Å². The van der Waals surface area contributed by atoms with Gasteiger partial charge in [-0.2, -0.15) is 0 Å². The third kappa shape index (κ3) is 4.99. The van der Waals surface area contributed by atoms with Crippen molar-refractivity contribution in [2.45, 2.75) is 71.3 Å². The molecule has 0 fully saturated rings. The fraction of sp³-hybridized carbons (Fsp3) is 0.536. The number of fused-ring (bicyclic) bond motifs is 2. The third-order valence-electron chi connectivity index (χ3n) is 7.50. The maximum atomic E-state index is 13.7. The number of aromatic amines is 1. The molecule has 0 saturated carbocycles. The molecule has 1 aliphatic carbocycles. The van der Waals surface area contributed by atoms with Crippen LogP contribution in [0.4, 0.5) is 4.39 Å². The summed E-state index contributed by atoms with van der Waals surface area (Å²) in [5.41, 5.74) is 6.11. The first-order valence-corrected chi connectivity index (χ1v) is 12.3. The summed E-state index contributed by atoms with van der Waals surface area (Å²) in [6, 6.07) is 9.35. The minimum Gasteiger partial charge on any atom is -0.389 e. The highest BCUT2D eigenvalue weighted by Crippen LogP contribution is 2.45. The van der Waals surface area contributed by atoms with Crippen molar-refractivity contribution in [2.75, 3.05) is 20.1 Å². The van der Waals surface area contributed by atoms with Crippen LogP contribution in [-0.2, 0) is 12.8 Å². The predicted octanol–water partition coefficient (Wildman–Crippen LogP) is 5.69. The van der Waals surface area contributed by atoms with Gasteiger partial charge in [0.25, 0.3) is 0 Å². The fourth-order valence-electron chi connectivity index (χ4n) is 5.69. The van der Waals surface area contributed by atoms with E-state index in [2.05, 4.69) is 56.8 Å². The highest BCUT2D eigenvalue weighted by molar-refractivity contribution is 5.81. The number of halogens is 1. The van der Waals surface area contributed by atoms with Crippen molar-refractivity contribution in [3.05, 3.63) is 64.2 Å². The second-order valence-corrected chi connectivity index (χ2v) is 10.4. The van der Waals surface area contributed by atoms with Gasteiger partial charge in [-0.05, 0) is 93.4 Å². The lowest BCUT2D eigenvalue weighted by Crippen LogP contribution is -2.45. The molecule has 2 atom stereocenters. The summed E-state index contributed by atoms with van der Waals surface area (Å²) >= 11 is 0. The van der Waals surface area contributed by atoms with Gasteiger partial charge in [-0.25, -0.2) is 9.37 Å². The average molecular weight is 452 g/mol. The van der Waals surface area contributed by atoms with Gasteiger partial charge in [0.05, 0.1) is 16.6 Å². The smallest absolute Gasteiger partial charge is 0.123 e. The highest BCUT2D eigenvalue weighted by Gasteiger charge is 2.43. The summed E-state index contributed by atoms with van der Waals surface area (Å²) in [6.07, 6.45) is 4.09. The van der Waals surface area contributed by atoms with Gasteiger partial charge in [0.2, 0.25) is 0 Å². The predicted molar refractivity (Wildman–Crippen MR) is 133 cm³/mol. The van der Waals surface area contributed by atoms with E-state index in [1.807, 2.05) is 6.07 Å². The van der Waals surface area contributed by atoms with Crippen LogP contribution >= 0.6 is 0 Å². The van der Waals surface area contributed by atoms with E-state index in [1.54, 1.807) is 6.07 Å². The second kappa shape index (κ2) is 9.55. The molecule has 1 aromatic heterocycles. The molecule has 178 valence electrons. The largest absolute Gasteiger partial charge is 0.389 e. The number of aliphatic hydroxyl groups is 1. The van der Waals surface area contributed by atoms with Gasteiger partial charge in [0.15, 0.2) is 0 Å². The number of aryl methyl sites for hydroxylation is 4. The van der Waals surface area contributed by atoms with Crippen LogP contribution in [0.25, 0.3) is 11.0 Å². The summed E-state index contributed by atoms with van der Waals surface area (Å²) in [4.78, 5) is 10.6. The topological polar surface area (TPSA) is 52.2 Å². The normalized spacial score (nSPS) is 20.7. The molecule has 2 N–H and O–H groups in total. The Morgan fingerprint density at radius 1 is 1.18 bits per heavy atom. The number of hydrogen-bond acceptors (Lipinski definition) is 3. The van der Waals surface area contributed by atoms with Crippen LogP contribution in [0.15, 0.2) is 30.3 Å². The van der Waals surface area contributed by atoms with Gasteiger partial charge >= 0.3 is 0 Å². The van der Waals surface area contributed by atoms with Crippen LogP contribution in [0.3, 0.4) is 0 Å². The van der Waals surface area contributed by atoms with Gasteiger partial charge in [-0.1, -0.05) is 32.0 Å².